The van der Waals surface area contributed by atoms with Crippen LogP contribution in [0.1, 0.15) is 27.9 Å². The number of para-hydroxylation sites is 1. The van der Waals surface area contributed by atoms with Crippen molar-refractivity contribution in [2.75, 3.05) is 18.2 Å². The van der Waals surface area contributed by atoms with E-state index in [0.29, 0.717) is 17.9 Å². The minimum absolute atomic E-state index is 0.151. The molecule has 1 amide bonds. The number of aromatic nitrogens is 1. The molecule has 1 N–H and O–H groups in total. The van der Waals surface area contributed by atoms with Crippen molar-refractivity contribution >= 4 is 17.3 Å². The number of aryl methyl sites for hydroxylation is 1. The molecule has 0 unspecified atom stereocenters. The quantitative estimate of drug-likeness (QED) is 0.737. The molecule has 3 heterocycles. The van der Waals surface area contributed by atoms with Crippen LogP contribution in [0, 0.1) is 0 Å². The van der Waals surface area contributed by atoms with Crippen LogP contribution in [0.25, 0.3) is 0 Å². The summed E-state index contributed by atoms with van der Waals surface area (Å²) in [6.45, 7) is 1.57. The molecule has 0 aliphatic carbocycles. The average Bonchev–Trinajstić information content (AvgIpc) is 3.25. The molecule has 0 bridgehead atoms. The summed E-state index contributed by atoms with van der Waals surface area (Å²) in [5, 5.41) is 2.96. The lowest BCUT2D eigenvalue weighted by Crippen LogP contribution is -2.26. The van der Waals surface area contributed by atoms with E-state index in [2.05, 4.69) is 33.4 Å². The number of anilines is 2. The Labute approximate surface area is 169 Å². The third-order valence-corrected chi connectivity index (χ3v) is 5.30. The van der Waals surface area contributed by atoms with Crippen molar-refractivity contribution in [3.63, 3.8) is 0 Å². The van der Waals surface area contributed by atoms with Crippen LogP contribution in [-0.4, -0.2) is 24.2 Å². The summed E-state index contributed by atoms with van der Waals surface area (Å²) in [5.41, 5.74) is 4.96. The largest absolute Gasteiger partial charge is 0.454 e. The van der Waals surface area contributed by atoms with Crippen molar-refractivity contribution in [3.05, 3.63) is 77.6 Å². The van der Waals surface area contributed by atoms with Gasteiger partial charge in [0.15, 0.2) is 11.5 Å². The smallest absolute Gasteiger partial charge is 0.253 e. The standard InChI is InChI=1S/C23H21N3O3/c27-23(25-12-16-7-8-21-22(10-16)29-15-28-21)18-11-19(14-24-13-18)26-9-3-5-17-4-1-2-6-20(17)26/h1-2,4,6-8,10-11,13-14H,3,5,9,12,15H2,(H,25,27). The van der Waals surface area contributed by atoms with Gasteiger partial charge >= 0.3 is 0 Å². The second-order valence-electron chi connectivity index (χ2n) is 7.19. The summed E-state index contributed by atoms with van der Waals surface area (Å²) < 4.78 is 10.7. The zero-order valence-electron chi connectivity index (χ0n) is 15.9. The average molecular weight is 387 g/mol. The number of carbonyl (C=O) groups excluding carboxylic acids is 1. The van der Waals surface area contributed by atoms with E-state index in [1.165, 1.54) is 11.3 Å². The molecule has 0 saturated heterocycles. The van der Waals surface area contributed by atoms with Crippen LogP contribution in [-0.2, 0) is 13.0 Å². The minimum Gasteiger partial charge on any atom is -0.454 e. The van der Waals surface area contributed by atoms with Gasteiger partial charge in [-0.2, -0.15) is 0 Å². The number of hydrogen-bond donors (Lipinski definition) is 1. The molecule has 2 aliphatic rings. The molecule has 2 aliphatic heterocycles. The molecule has 6 heteroatoms. The highest BCUT2D eigenvalue weighted by Crippen LogP contribution is 2.34. The Bertz CT molecular complexity index is 1070. The molecule has 146 valence electrons. The maximum Gasteiger partial charge on any atom is 0.253 e. The molecule has 6 nitrogen and oxygen atoms in total. The van der Waals surface area contributed by atoms with Gasteiger partial charge in [-0.25, -0.2) is 0 Å². The number of hydrogen-bond acceptors (Lipinski definition) is 5. The van der Waals surface area contributed by atoms with Crippen LogP contribution in [0.2, 0.25) is 0 Å². The zero-order valence-corrected chi connectivity index (χ0v) is 15.9. The number of amides is 1. The number of fused-ring (bicyclic) bond motifs is 2. The van der Waals surface area contributed by atoms with Gasteiger partial charge < -0.3 is 19.7 Å². The summed E-state index contributed by atoms with van der Waals surface area (Å²) in [5.74, 6) is 1.30. The third kappa shape index (κ3) is 3.49. The first-order valence-electron chi connectivity index (χ1n) is 9.75. The van der Waals surface area contributed by atoms with Crippen molar-refractivity contribution < 1.29 is 14.3 Å². The Morgan fingerprint density at radius 2 is 1.97 bits per heavy atom. The molecule has 0 saturated carbocycles. The fourth-order valence-corrected chi connectivity index (χ4v) is 3.84. The van der Waals surface area contributed by atoms with E-state index in [0.717, 1.165) is 36.4 Å². The predicted octanol–water partition coefficient (Wildman–Crippen LogP) is 3.82. The maximum absolute atomic E-state index is 12.7. The van der Waals surface area contributed by atoms with E-state index in [1.54, 1.807) is 6.20 Å². The highest BCUT2D eigenvalue weighted by atomic mass is 16.7. The first-order valence-corrected chi connectivity index (χ1v) is 9.75. The maximum atomic E-state index is 12.7. The molecule has 3 aromatic rings. The van der Waals surface area contributed by atoms with Crippen molar-refractivity contribution in [1.82, 2.24) is 10.3 Å². The Morgan fingerprint density at radius 3 is 2.93 bits per heavy atom. The van der Waals surface area contributed by atoms with E-state index in [9.17, 15) is 4.79 Å². The van der Waals surface area contributed by atoms with Crippen molar-refractivity contribution in [1.29, 1.82) is 0 Å². The number of rotatable bonds is 4. The van der Waals surface area contributed by atoms with Gasteiger partial charge in [0.05, 0.1) is 17.4 Å². The van der Waals surface area contributed by atoms with Crippen molar-refractivity contribution in [2.24, 2.45) is 0 Å². The fourth-order valence-electron chi connectivity index (χ4n) is 3.84. The Kier molecular flexibility index (Phi) is 4.52. The van der Waals surface area contributed by atoms with Crippen LogP contribution < -0.4 is 19.7 Å². The highest BCUT2D eigenvalue weighted by Gasteiger charge is 2.19. The van der Waals surface area contributed by atoms with E-state index in [1.807, 2.05) is 36.5 Å². The van der Waals surface area contributed by atoms with Gasteiger partial charge in [-0.15, -0.1) is 0 Å². The van der Waals surface area contributed by atoms with Crippen LogP contribution in [0.3, 0.4) is 0 Å². The lowest BCUT2D eigenvalue weighted by molar-refractivity contribution is 0.0950. The van der Waals surface area contributed by atoms with Crippen molar-refractivity contribution in [3.8, 4) is 11.5 Å². The molecular weight excluding hydrogens is 366 g/mol. The lowest BCUT2D eigenvalue weighted by Gasteiger charge is -2.31. The number of carbonyl (C=O) groups is 1. The number of ether oxygens (including phenoxy) is 2. The van der Waals surface area contributed by atoms with Crippen LogP contribution in [0.15, 0.2) is 60.9 Å². The molecule has 29 heavy (non-hydrogen) atoms. The Hall–Kier alpha value is -3.54. The van der Waals surface area contributed by atoms with Gasteiger partial charge in [0, 0.05) is 25.0 Å². The summed E-state index contributed by atoms with van der Waals surface area (Å²) in [7, 11) is 0. The van der Waals surface area contributed by atoms with E-state index in [4.69, 9.17) is 9.47 Å². The van der Waals surface area contributed by atoms with Crippen LogP contribution >= 0.6 is 0 Å². The fraction of sp³-hybridized carbons (Fsp3) is 0.217. The molecule has 0 fully saturated rings. The van der Waals surface area contributed by atoms with Gasteiger partial charge in [-0.3, -0.25) is 9.78 Å². The molecule has 5 rings (SSSR count). The number of nitrogens with one attached hydrogen (secondary N) is 1. The Balaban J connectivity index is 1.32. The van der Waals surface area contributed by atoms with Gasteiger partial charge in [0.1, 0.15) is 0 Å². The molecule has 1 aromatic heterocycles. The minimum atomic E-state index is -0.151. The van der Waals surface area contributed by atoms with Gasteiger partial charge in [-0.1, -0.05) is 24.3 Å². The number of pyridine rings is 1. The number of nitrogens with zero attached hydrogens (tertiary/aromatic N) is 2. The Morgan fingerprint density at radius 1 is 1.07 bits per heavy atom. The van der Waals surface area contributed by atoms with E-state index in [-0.39, 0.29) is 12.7 Å². The monoisotopic (exact) mass is 387 g/mol. The van der Waals surface area contributed by atoms with Crippen LogP contribution in [0.5, 0.6) is 11.5 Å². The lowest BCUT2D eigenvalue weighted by atomic mass is 10.0. The number of benzene rings is 2. The van der Waals surface area contributed by atoms with Gasteiger partial charge in [0.2, 0.25) is 6.79 Å². The summed E-state index contributed by atoms with van der Waals surface area (Å²) in [6.07, 6.45) is 5.58. The van der Waals surface area contributed by atoms with Gasteiger partial charge in [0.25, 0.3) is 5.91 Å². The predicted molar refractivity (Wildman–Crippen MR) is 110 cm³/mol. The molecule has 0 radical (unpaired) electrons. The first-order chi connectivity index (χ1) is 14.3. The van der Waals surface area contributed by atoms with E-state index < -0.39 is 0 Å². The molecule has 0 atom stereocenters. The topological polar surface area (TPSA) is 63.7 Å². The van der Waals surface area contributed by atoms with Crippen LogP contribution in [0.4, 0.5) is 11.4 Å². The molecule has 2 aromatic carbocycles. The first kappa shape index (κ1) is 17.6. The second-order valence-corrected chi connectivity index (χ2v) is 7.19. The zero-order chi connectivity index (χ0) is 19.6. The van der Waals surface area contributed by atoms with Gasteiger partial charge in [-0.05, 0) is 48.2 Å². The van der Waals surface area contributed by atoms with E-state index >= 15 is 0 Å². The summed E-state index contributed by atoms with van der Waals surface area (Å²) >= 11 is 0. The molecule has 0 spiro atoms. The molecular formula is C23H21N3O3. The normalized spacial score (nSPS) is 14.4. The third-order valence-electron chi connectivity index (χ3n) is 5.30. The second kappa shape index (κ2) is 7.47. The SMILES string of the molecule is O=C(NCc1ccc2c(c1)OCO2)c1cncc(N2CCCc3ccccc32)c1. The van der Waals surface area contributed by atoms with Crippen molar-refractivity contribution in [2.45, 2.75) is 19.4 Å². The highest BCUT2D eigenvalue weighted by molar-refractivity contribution is 5.95. The summed E-state index contributed by atoms with van der Waals surface area (Å²) in [4.78, 5) is 19.3. The summed E-state index contributed by atoms with van der Waals surface area (Å²) in [6, 6.07) is 16.0.